The molecule has 12 rings (SSSR count). The minimum atomic E-state index is -6.10. The zero-order valence-corrected chi connectivity index (χ0v) is 55.5. The van der Waals surface area contributed by atoms with Crippen molar-refractivity contribution in [3.63, 3.8) is 0 Å². The molecule has 1 aliphatic carbocycles. The summed E-state index contributed by atoms with van der Waals surface area (Å²) in [6.45, 7) is 13.2. The van der Waals surface area contributed by atoms with Crippen molar-refractivity contribution in [3.8, 4) is 11.8 Å². The van der Waals surface area contributed by atoms with Gasteiger partial charge in [0.1, 0.15) is 10.9 Å². The lowest BCUT2D eigenvalue weighted by Crippen LogP contribution is -2.52. The number of allylic oxidation sites excluding steroid dienone is 1. The number of imide groups is 1. The summed E-state index contributed by atoms with van der Waals surface area (Å²) in [5.41, 5.74) is 0.870. The molecule has 5 aromatic rings. The van der Waals surface area contributed by atoms with E-state index in [0.717, 1.165) is 112 Å². The van der Waals surface area contributed by atoms with E-state index in [1.54, 1.807) is 23.1 Å². The molecule has 1 unspecified atom stereocenters. The number of sulfone groups is 1. The van der Waals surface area contributed by atoms with E-state index in [4.69, 9.17) is 16.3 Å². The molecule has 18 nitrogen and oxygen atoms in total. The monoisotopic (exact) mass is 1360 g/mol. The second-order valence-corrected chi connectivity index (χ2v) is 31.1. The number of amides is 4. The standard InChI is InChI=1S/C69H77ClF3N9O9S3/c1-68(46-81-44-55-38-56(81)43-80(55)28-5-7-47-10-20-60-50(37-47)42-82(67(60)86)62-22-23-64(83)75-66(62)85)26-24-59(48-11-15-52(70)16-12-48)51(40-68)41-78-30-32-79(33-31-78)54-17-13-49(14-18-54)65(84)76-94(89,90)58-19-21-61(63(39-58)93(87,88)69(71,72)73)74-53(45-92-57-8-3-2-4-9-57)25-29-77-27-6-35-91-36-34-77/h2-4,8-21,37,39,53,55-56,62,74H,6,22-36,38,40-46H2,1H3,(H,76,84)(H,75,83,85)/t53-,55-,56-,62?,68-/m1/s1. The molecule has 0 saturated carbocycles. The van der Waals surface area contributed by atoms with Crippen LogP contribution in [0.1, 0.15) is 95.7 Å². The lowest BCUT2D eigenvalue weighted by atomic mass is 9.71. The molecule has 498 valence electrons. The van der Waals surface area contributed by atoms with Crippen molar-refractivity contribution in [3.05, 3.63) is 154 Å². The molecule has 5 saturated heterocycles. The van der Waals surface area contributed by atoms with Crippen molar-refractivity contribution in [2.45, 2.75) is 109 Å². The lowest BCUT2D eigenvalue weighted by Gasteiger charge is -2.44. The van der Waals surface area contributed by atoms with Gasteiger partial charge < -0.3 is 24.8 Å². The number of hydrogen-bond donors (Lipinski definition) is 3. The highest BCUT2D eigenvalue weighted by atomic mass is 35.5. The number of fused-ring (bicyclic) bond motifs is 3. The van der Waals surface area contributed by atoms with E-state index >= 15 is 0 Å². The highest BCUT2D eigenvalue weighted by Gasteiger charge is 2.49. The number of sulfonamides is 1. The number of ether oxygens (including phenoxy) is 1. The Morgan fingerprint density at radius 1 is 0.851 bits per heavy atom. The largest absolute Gasteiger partial charge is 0.501 e. The summed E-state index contributed by atoms with van der Waals surface area (Å²) < 4.78 is 105. The summed E-state index contributed by atoms with van der Waals surface area (Å²) in [6, 6.07) is 31.6. The average molecular weight is 1370 g/mol. The highest BCUT2D eigenvalue weighted by molar-refractivity contribution is 7.99. The summed E-state index contributed by atoms with van der Waals surface area (Å²) in [5.74, 6) is 5.10. The molecule has 0 radical (unpaired) electrons. The zero-order valence-electron chi connectivity index (χ0n) is 52.3. The van der Waals surface area contributed by atoms with E-state index in [0.29, 0.717) is 99.8 Å². The topological polar surface area (TPSA) is 201 Å². The predicted molar refractivity (Wildman–Crippen MR) is 356 cm³/mol. The fraction of sp³-hybridized carbons (Fsp3) is 0.449. The summed E-state index contributed by atoms with van der Waals surface area (Å²) in [6.07, 6.45) is 5.81. The molecule has 4 amide bonds. The molecule has 5 atom stereocenters. The number of nitrogens with zero attached hydrogens (tertiary/aromatic N) is 6. The Hall–Kier alpha value is -6.79. The Bertz CT molecular complexity index is 3990. The van der Waals surface area contributed by atoms with Crippen molar-refractivity contribution in [2.24, 2.45) is 5.41 Å². The molecule has 0 spiro atoms. The van der Waals surface area contributed by atoms with Crippen LogP contribution in [0.25, 0.3) is 5.57 Å². The SMILES string of the molecule is C[C@@]1(CN2C[C@H]3C[C@@H]2CN3CC#Cc2ccc3c(c2)CN(C2CCC(=O)NC2=O)C3=O)CCC(c2ccc(Cl)cc2)=C(CN2CCN(c3ccc(C(=O)NS(=O)(=O)c4ccc(N[C@H](CCN5CCCOCC5)CSc5ccccc5)c(S(=O)(=O)C(F)(F)F)c4)cc3)CC2)C1. The molecule has 25 heteroatoms. The van der Waals surface area contributed by atoms with Gasteiger partial charge in [0.2, 0.25) is 11.8 Å². The number of hydrogen-bond acceptors (Lipinski definition) is 16. The third-order valence-corrected chi connectivity index (χ3v) is 23.6. The van der Waals surface area contributed by atoms with Crippen LogP contribution in [0.5, 0.6) is 0 Å². The molecular weight excluding hydrogens is 1290 g/mol. The van der Waals surface area contributed by atoms with Crippen molar-refractivity contribution in [2.75, 3.05) is 108 Å². The van der Waals surface area contributed by atoms with Gasteiger partial charge >= 0.3 is 5.51 Å². The van der Waals surface area contributed by atoms with Crippen LogP contribution < -0.4 is 20.3 Å². The third kappa shape index (κ3) is 15.5. The molecule has 2 bridgehead atoms. The second kappa shape index (κ2) is 28.5. The molecule has 3 N–H and O–H groups in total. The van der Waals surface area contributed by atoms with Gasteiger partial charge in [-0.05, 0) is 152 Å². The Morgan fingerprint density at radius 3 is 2.34 bits per heavy atom. The smallest absolute Gasteiger partial charge is 0.380 e. The molecule has 6 aliphatic heterocycles. The molecule has 5 fully saturated rings. The zero-order chi connectivity index (χ0) is 65.9. The normalized spacial score (nSPS) is 23.0. The summed E-state index contributed by atoms with van der Waals surface area (Å²) in [4.78, 5) is 63.6. The highest BCUT2D eigenvalue weighted by Crippen LogP contribution is 2.46. The van der Waals surface area contributed by atoms with Crippen LogP contribution in [-0.4, -0.2) is 192 Å². The Balaban J connectivity index is 0.650. The average Bonchev–Trinajstić information content (AvgIpc) is 1.35. The van der Waals surface area contributed by atoms with E-state index in [1.165, 1.54) is 40.6 Å². The van der Waals surface area contributed by atoms with Gasteiger partial charge in [-0.25, -0.2) is 21.6 Å². The fourth-order valence-electron chi connectivity index (χ4n) is 14.3. The van der Waals surface area contributed by atoms with Crippen LogP contribution in [0.15, 0.2) is 136 Å². The number of rotatable bonds is 20. The molecule has 6 heterocycles. The maximum absolute atomic E-state index is 14.4. The van der Waals surface area contributed by atoms with Crippen LogP contribution >= 0.6 is 23.4 Å². The van der Waals surface area contributed by atoms with Gasteiger partial charge in [0, 0.05) is 148 Å². The van der Waals surface area contributed by atoms with Crippen LogP contribution in [0.2, 0.25) is 5.02 Å². The number of carbonyl (C=O) groups is 4. The van der Waals surface area contributed by atoms with Gasteiger partial charge in [-0.2, -0.15) is 13.2 Å². The maximum Gasteiger partial charge on any atom is 0.501 e. The quantitative estimate of drug-likeness (QED) is 0.0379. The summed E-state index contributed by atoms with van der Waals surface area (Å²) >= 11 is 7.84. The van der Waals surface area contributed by atoms with E-state index in [1.807, 2.05) is 59.3 Å². The first-order valence-corrected chi connectivity index (χ1v) is 36.4. The van der Waals surface area contributed by atoms with E-state index < -0.39 is 64.7 Å². The number of piperazine rings is 2. The molecule has 5 aromatic carbocycles. The second-order valence-electron chi connectivity index (χ2n) is 26.0. The van der Waals surface area contributed by atoms with Gasteiger partial charge in [0.25, 0.3) is 31.7 Å². The minimum Gasteiger partial charge on any atom is -0.380 e. The number of alkyl halides is 3. The van der Waals surface area contributed by atoms with Crippen molar-refractivity contribution >= 4 is 83.8 Å². The number of carbonyl (C=O) groups excluding carboxylic acids is 4. The molecule has 0 aromatic heterocycles. The van der Waals surface area contributed by atoms with E-state index in [9.17, 15) is 49.2 Å². The third-order valence-electron chi connectivity index (χ3n) is 19.4. The maximum atomic E-state index is 14.4. The predicted octanol–water partition coefficient (Wildman–Crippen LogP) is 8.77. The molecule has 94 heavy (non-hydrogen) atoms. The number of nitrogens with one attached hydrogen (secondary N) is 3. The van der Waals surface area contributed by atoms with Gasteiger partial charge in [0.15, 0.2) is 0 Å². The van der Waals surface area contributed by atoms with Crippen molar-refractivity contribution in [1.82, 2.24) is 34.5 Å². The molecular formula is C69H77ClF3N9O9S3. The number of benzene rings is 5. The Kier molecular flexibility index (Phi) is 20.4. The number of halogens is 4. The van der Waals surface area contributed by atoms with Gasteiger partial charge in [0.05, 0.1) is 23.7 Å². The Labute approximate surface area is 556 Å². The number of anilines is 2. The van der Waals surface area contributed by atoms with Crippen molar-refractivity contribution in [1.29, 1.82) is 0 Å². The molecule has 7 aliphatic rings. The van der Waals surface area contributed by atoms with Crippen LogP contribution in [0.3, 0.4) is 0 Å². The van der Waals surface area contributed by atoms with E-state index in [2.05, 4.69) is 66.0 Å². The fourth-order valence-corrected chi connectivity index (χ4v) is 17.5. The van der Waals surface area contributed by atoms with Crippen LogP contribution in [-0.2, 0) is 40.7 Å². The van der Waals surface area contributed by atoms with Crippen molar-refractivity contribution < 1.29 is 53.9 Å². The summed E-state index contributed by atoms with van der Waals surface area (Å²) in [5, 5.41) is 6.07. The number of likely N-dealkylation sites (tertiary alicyclic amines) is 2. The first-order valence-electron chi connectivity index (χ1n) is 32.1. The minimum absolute atomic E-state index is 0.0232. The van der Waals surface area contributed by atoms with Gasteiger partial charge in [-0.3, -0.25) is 39.2 Å². The van der Waals surface area contributed by atoms with Gasteiger partial charge in [-0.15, -0.1) is 11.8 Å². The van der Waals surface area contributed by atoms with E-state index in [-0.39, 0.29) is 29.2 Å². The first kappa shape index (κ1) is 67.2. The van der Waals surface area contributed by atoms with Crippen LogP contribution in [0.4, 0.5) is 24.5 Å². The summed E-state index contributed by atoms with van der Waals surface area (Å²) in [7, 11) is -11.0. The lowest BCUT2D eigenvalue weighted by molar-refractivity contribution is -0.136. The number of thioether (sulfide) groups is 1. The Morgan fingerprint density at radius 2 is 1.61 bits per heavy atom. The van der Waals surface area contributed by atoms with Gasteiger partial charge in [-0.1, -0.05) is 66.3 Å². The van der Waals surface area contributed by atoms with Crippen LogP contribution in [0, 0.1) is 17.3 Å². The number of piperidine rings is 1. The first-order chi connectivity index (χ1) is 45.0.